The topological polar surface area (TPSA) is 49.0 Å². The second-order valence-electron chi connectivity index (χ2n) is 7.29. The Kier molecular flexibility index (Phi) is 3.97. The van der Waals surface area contributed by atoms with Crippen LogP contribution in [-0.2, 0) is 19.4 Å². The third-order valence-corrected chi connectivity index (χ3v) is 6.62. The molecule has 2 aromatic heterocycles. The number of aromatic nitrogens is 2. The van der Waals surface area contributed by atoms with Gasteiger partial charge < -0.3 is 9.88 Å². The number of nitrogens with zero attached hydrogens (tertiary/aromatic N) is 2. The molecule has 4 nitrogen and oxygen atoms in total. The highest BCUT2D eigenvalue weighted by molar-refractivity contribution is 7.18. The molecule has 0 fully saturated rings. The van der Waals surface area contributed by atoms with Gasteiger partial charge in [0.2, 0.25) is 0 Å². The van der Waals surface area contributed by atoms with E-state index in [0.717, 1.165) is 34.6 Å². The summed E-state index contributed by atoms with van der Waals surface area (Å²) in [6.07, 6.45) is 4.48. The van der Waals surface area contributed by atoms with Gasteiger partial charge in [-0.05, 0) is 54.2 Å². The molecule has 0 saturated heterocycles. The summed E-state index contributed by atoms with van der Waals surface area (Å²) in [5.41, 5.74) is 2.37. The Hall–Kier alpha value is -2.66. The van der Waals surface area contributed by atoms with E-state index in [0.29, 0.717) is 6.54 Å². The molecule has 1 aliphatic rings. The third kappa shape index (κ3) is 2.92. The van der Waals surface area contributed by atoms with Crippen molar-refractivity contribution in [1.29, 1.82) is 0 Å². The van der Waals surface area contributed by atoms with Crippen LogP contribution in [0, 0.1) is 0 Å². The number of aromatic amines is 1. The molecule has 5 heteroatoms. The number of H-pyrrole nitrogens is 1. The minimum atomic E-state index is 0.0151. The zero-order chi connectivity index (χ0) is 18.4. The van der Waals surface area contributed by atoms with Crippen molar-refractivity contribution >= 4 is 38.0 Å². The lowest BCUT2D eigenvalue weighted by Crippen LogP contribution is -2.21. The van der Waals surface area contributed by atoms with Crippen LogP contribution in [0.25, 0.3) is 21.0 Å². The molecule has 0 atom stereocenters. The van der Waals surface area contributed by atoms with Crippen LogP contribution in [0.15, 0.2) is 47.3 Å². The van der Waals surface area contributed by atoms with E-state index in [1.807, 2.05) is 7.05 Å². The Balaban J connectivity index is 1.49. The van der Waals surface area contributed by atoms with Crippen LogP contribution in [0.1, 0.15) is 29.1 Å². The molecule has 0 amide bonds. The molecule has 136 valence electrons. The molecule has 1 aliphatic carbocycles. The lowest BCUT2D eigenvalue weighted by Gasteiger charge is -2.19. The van der Waals surface area contributed by atoms with E-state index in [9.17, 15) is 4.79 Å². The van der Waals surface area contributed by atoms with Crippen molar-refractivity contribution in [3.8, 4) is 0 Å². The van der Waals surface area contributed by atoms with Crippen LogP contribution >= 0.6 is 11.3 Å². The Morgan fingerprint density at radius 3 is 2.81 bits per heavy atom. The van der Waals surface area contributed by atoms with Crippen LogP contribution < -0.4 is 10.5 Å². The molecule has 0 radical (unpaired) electrons. The first kappa shape index (κ1) is 16.5. The minimum absolute atomic E-state index is 0.0151. The molecule has 5 rings (SSSR count). The van der Waals surface area contributed by atoms with Crippen molar-refractivity contribution in [2.24, 2.45) is 0 Å². The van der Waals surface area contributed by atoms with Gasteiger partial charge in [-0.1, -0.05) is 30.3 Å². The minimum Gasteiger partial charge on any atom is -0.367 e. The van der Waals surface area contributed by atoms with Gasteiger partial charge in [-0.2, -0.15) is 0 Å². The summed E-state index contributed by atoms with van der Waals surface area (Å²) in [6.45, 7) is 0.575. The van der Waals surface area contributed by atoms with E-state index >= 15 is 0 Å². The maximum atomic E-state index is 12.7. The van der Waals surface area contributed by atoms with Gasteiger partial charge in [-0.25, -0.2) is 4.98 Å². The Bertz CT molecular complexity index is 1210. The number of aryl methyl sites for hydroxylation is 2. The number of anilines is 1. The van der Waals surface area contributed by atoms with Crippen molar-refractivity contribution in [3.63, 3.8) is 0 Å². The number of thiophene rings is 1. The summed E-state index contributed by atoms with van der Waals surface area (Å²) in [4.78, 5) is 24.9. The summed E-state index contributed by atoms with van der Waals surface area (Å²) < 4.78 is 0. The molecule has 4 aromatic rings. The summed E-state index contributed by atoms with van der Waals surface area (Å²) in [6, 6.07) is 14.8. The predicted octanol–water partition coefficient (Wildman–Crippen LogP) is 4.65. The Morgan fingerprint density at radius 1 is 1.11 bits per heavy atom. The van der Waals surface area contributed by atoms with Crippen LogP contribution in [-0.4, -0.2) is 17.0 Å². The average molecular weight is 375 g/mol. The van der Waals surface area contributed by atoms with Gasteiger partial charge in [0.05, 0.1) is 11.9 Å². The first-order valence-electron chi connectivity index (χ1n) is 9.42. The van der Waals surface area contributed by atoms with E-state index in [1.165, 1.54) is 34.1 Å². The number of hydrogen-bond acceptors (Lipinski definition) is 4. The Labute approximate surface area is 161 Å². The molecule has 0 saturated carbocycles. The van der Waals surface area contributed by atoms with Crippen molar-refractivity contribution in [3.05, 3.63) is 69.1 Å². The molecule has 2 heterocycles. The van der Waals surface area contributed by atoms with Crippen LogP contribution in [0.2, 0.25) is 0 Å². The fourth-order valence-corrected chi connectivity index (χ4v) is 5.29. The molecule has 0 unspecified atom stereocenters. The largest absolute Gasteiger partial charge is 0.367 e. The zero-order valence-electron chi connectivity index (χ0n) is 15.3. The van der Waals surface area contributed by atoms with E-state index in [2.05, 4.69) is 52.3 Å². The molecular formula is C22H21N3OS. The van der Waals surface area contributed by atoms with Crippen LogP contribution in [0.4, 0.5) is 5.69 Å². The molecule has 1 N–H and O–H groups in total. The quantitative estimate of drug-likeness (QED) is 0.567. The highest BCUT2D eigenvalue weighted by atomic mass is 32.1. The molecule has 27 heavy (non-hydrogen) atoms. The van der Waals surface area contributed by atoms with E-state index in [-0.39, 0.29) is 5.56 Å². The first-order valence-corrected chi connectivity index (χ1v) is 10.2. The summed E-state index contributed by atoms with van der Waals surface area (Å²) >= 11 is 1.70. The number of hydrogen-bond donors (Lipinski definition) is 1. The highest BCUT2D eigenvalue weighted by Gasteiger charge is 2.20. The van der Waals surface area contributed by atoms with Crippen molar-refractivity contribution in [2.45, 2.75) is 32.2 Å². The van der Waals surface area contributed by atoms with Gasteiger partial charge in [-0.3, -0.25) is 4.79 Å². The zero-order valence-corrected chi connectivity index (χ0v) is 16.1. The normalized spacial score (nSPS) is 13.8. The van der Waals surface area contributed by atoms with E-state index < -0.39 is 0 Å². The summed E-state index contributed by atoms with van der Waals surface area (Å²) in [5, 5.41) is 3.27. The lowest BCUT2D eigenvalue weighted by molar-refractivity contribution is 0.700. The fraction of sp³-hybridized carbons (Fsp3) is 0.273. The second-order valence-corrected chi connectivity index (χ2v) is 8.37. The number of rotatable bonds is 3. The SMILES string of the molecule is CN(Cc1nc2sc3c(c2c(=O)[nH]1)CCCC3)c1ccc2ccccc2c1. The molecule has 0 aliphatic heterocycles. The van der Waals surface area contributed by atoms with Crippen LogP contribution in [0.3, 0.4) is 0 Å². The molecular weight excluding hydrogens is 354 g/mol. The average Bonchev–Trinajstić information content (AvgIpc) is 3.06. The smallest absolute Gasteiger partial charge is 0.259 e. The number of benzene rings is 2. The summed E-state index contributed by atoms with van der Waals surface area (Å²) in [7, 11) is 2.04. The first-order chi connectivity index (χ1) is 13.2. The predicted molar refractivity (Wildman–Crippen MR) is 113 cm³/mol. The Morgan fingerprint density at radius 2 is 1.93 bits per heavy atom. The van der Waals surface area contributed by atoms with Gasteiger partial charge in [-0.15, -0.1) is 11.3 Å². The molecule has 0 spiro atoms. The maximum Gasteiger partial charge on any atom is 0.259 e. The monoisotopic (exact) mass is 375 g/mol. The number of nitrogens with one attached hydrogen (secondary N) is 1. The van der Waals surface area contributed by atoms with E-state index in [4.69, 9.17) is 4.98 Å². The van der Waals surface area contributed by atoms with Gasteiger partial charge in [0.15, 0.2) is 0 Å². The van der Waals surface area contributed by atoms with Gasteiger partial charge in [0.25, 0.3) is 5.56 Å². The molecule has 2 aromatic carbocycles. The lowest BCUT2D eigenvalue weighted by atomic mass is 9.97. The van der Waals surface area contributed by atoms with Gasteiger partial charge >= 0.3 is 0 Å². The third-order valence-electron chi connectivity index (χ3n) is 5.43. The second kappa shape index (κ2) is 6.50. The highest BCUT2D eigenvalue weighted by Crippen LogP contribution is 2.33. The maximum absolute atomic E-state index is 12.7. The van der Waals surface area contributed by atoms with Gasteiger partial charge in [0.1, 0.15) is 10.7 Å². The van der Waals surface area contributed by atoms with Gasteiger partial charge in [0, 0.05) is 17.6 Å². The number of fused-ring (bicyclic) bond motifs is 4. The van der Waals surface area contributed by atoms with Crippen molar-refractivity contribution in [2.75, 3.05) is 11.9 Å². The standard InChI is InChI=1S/C22H21N3OS/c1-25(16-11-10-14-6-2-3-7-15(14)12-16)13-19-23-21(26)20-17-8-4-5-9-18(17)27-22(20)24-19/h2-3,6-7,10-12H,4-5,8-9,13H2,1H3,(H,23,24,26). The molecule has 0 bridgehead atoms. The van der Waals surface area contributed by atoms with E-state index in [1.54, 1.807) is 11.3 Å². The van der Waals surface area contributed by atoms with Crippen molar-refractivity contribution in [1.82, 2.24) is 9.97 Å². The van der Waals surface area contributed by atoms with Crippen LogP contribution in [0.5, 0.6) is 0 Å². The van der Waals surface area contributed by atoms with Crippen molar-refractivity contribution < 1.29 is 0 Å². The fourth-order valence-electron chi connectivity index (χ4n) is 4.01. The summed E-state index contributed by atoms with van der Waals surface area (Å²) in [5.74, 6) is 0.724.